The normalized spacial score (nSPS) is 23.8. The van der Waals surface area contributed by atoms with Crippen LogP contribution in [0.1, 0.15) is 77.5 Å². The molecule has 39 heavy (non-hydrogen) atoms. The molecule has 6 rings (SSSR count). The highest BCUT2D eigenvalue weighted by molar-refractivity contribution is 6.10. The van der Waals surface area contributed by atoms with Crippen molar-refractivity contribution in [2.45, 2.75) is 69.2 Å². The van der Waals surface area contributed by atoms with Gasteiger partial charge in [-0.2, -0.15) is 13.2 Å². The van der Waals surface area contributed by atoms with Gasteiger partial charge in [-0.3, -0.25) is 4.79 Å². The molecule has 0 saturated heterocycles. The second kappa shape index (κ2) is 9.05. The Balaban J connectivity index is 1.34. The molecule has 9 heteroatoms. The van der Waals surface area contributed by atoms with Crippen molar-refractivity contribution in [3.63, 3.8) is 0 Å². The molecule has 1 aromatic heterocycles. The second-order valence-corrected chi connectivity index (χ2v) is 11.6. The van der Waals surface area contributed by atoms with Gasteiger partial charge in [0.2, 0.25) is 0 Å². The summed E-state index contributed by atoms with van der Waals surface area (Å²) < 4.78 is 44.5. The maximum atomic E-state index is 14.2. The summed E-state index contributed by atoms with van der Waals surface area (Å²) in [5.74, 6) is 0.742. The molecule has 6 nitrogen and oxygen atoms in total. The van der Waals surface area contributed by atoms with Crippen LogP contribution in [0.5, 0.6) is 0 Å². The van der Waals surface area contributed by atoms with Crippen molar-refractivity contribution >= 4 is 11.6 Å². The summed E-state index contributed by atoms with van der Waals surface area (Å²) in [6.07, 6.45) is 3.75. The van der Waals surface area contributed by atoms with Gasteiger partial charge in [0.1, 0.15) is 12.2 Å². The highest BCUT2D eigenvalue weighted by atomic mass is 19.4. The Morgan fingerprint density at radius 1 is 1.21 bits per heavy atom. The van der Waals surface area contributed by atoms with Crippen molar-refractivity contribution < 1.29 is 18.0 Å². The largest absolute Gasteiger partial charge is 0.416 e. The molecule has 2 aromatic carbocycles. The number of fused-ring (bicyclic) bond motifs is 1. The first kappa shape index (κ1) is 25.8. The number of amides is 1. The predicted octanol–water partition coefficient (Wildman–Crippen LogP) is 5.91. The van der Waals surface area contributed by atoms with Gasteiger partial charge in [-0.15, -0.1) is 16.8 Å². The molecule has 1 N–H and O–H groups in total. The van der Waals surface area contributed by atoms with Gasteiger partial charge >= 0.3 is 6.18 Å². The Morgan fingerprint density at radius 3 is 2.59 bits per heavy atom. The van der Waals surface area contributed by atoms with Crippen molar-refractivity contribution in [2.75, 3.05) is 4.90 Å². The summed E-state index contributed by atoms with van der Waals surface area (Å²) >= 11 is 0. The van der Waals surface area contributed by atoms with Crippen LogP contribution in [-0.4, -0.2) is 26.2 Å². The number of hydrogen-bond acceptors (Lipinski definition) is 4. The molecular weight excluding hydrogens is 503 g/mol. The number of allylic oxidation sites excluding steroid dienone is 1. The van der Waals surface area contributed by atoms with E-state index in [2.05, 4.69) is 29.0 Å². The van der Waals surface area contributed by atoms with Crippen LogP contribution in [0.25, 0.3) is 0 Å². The minimum atomic E-state index is -4.56. The molecule has 1 aliphatic heterocycles. The third-order valence-electron chi connectivity index (χ3n) is 8.99. The number of carbonyl (C=O) groups excluding carboxylic acids is 1. The van der Waals surface area contributed by atoms with E-state index in [1.165, 1.54) is 11.0 Å². The Morgan fingerprint density at radius 2 is 1.97 bits per heavy atom. The summed E-state index contributed by atoms with van der Waals surface area (Å²) in [6, 6.07) is 10.4. The number of alkyl halides is 3. The van der Waals surface area contributed by atoms with Gasteiger partial charge in [-0.1, -0.05) is 18.2 Å². The molecule has 3 aliphatic rings. The number of nitrogens with zero attached hydrogens (tertiary/aromatic N) is 4. The number of rotatable bonds is 7. The van der Waals surface area contributed by atoms with Crippen molar-refractivity contribution in [3.8, 4) is 0 Å². The van der Waals surface area contributed by atoms with Crippen molar-refractivity contribution in [2.24, 2.45) is 13.0 Å². The van der Waals surface area contributed by atoms with Crippen molar-refractivity contribution in [1.82, 2.24) is 20.1 Å². The van der Waals surface area contributed by atoms with Crippen LogP contribution < -0.4 is 10.2 Å². The third-order valence-corrected chi connectivity index (χ3v) is 8.99. The first-order valence-electron chi connectivity index (χ1n) is 13.4. The lowest BCUT2D eigenvalue weighted by Crippen LogP contribution is -2.47. The van der Waals surface area contributed by atoms with Gasteiger partial charge in [0, 0.05) is 30.4 Å². The maximum Gasteiger partial charge on any atom is 0.416 e. The number of halogens is 3. The number of aryl methyl sites for hydroxylation is 1. The Labute approximate surface area is 225 Å². The average Bonchev–Trinajstić information content (AvgIpc) is 3.44. The summed E-state index contributed by atoms with van der Waals surface area (Å²) in [6.45, 7) is 6.19. The van der Waals surface area contributed by atoms with Crippen LogP contribution >= 0.6 is 0 Å². The smallest absolute Gasteiger partial charge is 0.320 e. The van der Waals surface area contributed by atoms with Crippen molar-refractivity contribution in [1.29, 1.82) is 0 Å². The summed E-state index contributed by atoms with van der Waals surface area (Å²) in [5, 5.41) is 11.9. The molecule has 2 fully saturated rings. The Bertz CT molecular complexity index is 1450. The maximum absolute atomic E-state index is 14.2. The van der Waals surface area contributed by atoms with E-state index in [9.17, 15) is 18.0 Å². The van der Waals surface area contributed by atoms with E-state index in [-0.39, 0.29) is 23.2 Å². The van der Waals surface area contributed by atoms with Crippen LogP contribution in [-0.2, 0) is 31.7 Å². The van der Waals surface area contributed by atoms with Crippen LogP contribution in [0.3, 0.4) is 0 Å². The third kappa shape index (κ3) is 4.27. The van der Waals surface area contributed by atoms with E-state index >= 15 is 0 Å². The summed E-state index contributed by atoms with van der Waals surface area (Å²) in [4.78, 5) is 15.1. The van der Waals surface area contributed by atoms with E-state index in [1.807, 2.05) is 35.9 Å². The van der Waals surface area contributed by atoms with Crippen molar-refractivity contribution in [3.05, 3.63) is 89.0 Å². The molecule has 3 aromatic rings. The molecular formula is C30H32F3N5O. The molecule has 0 bridgehead atoms. The molecule has 0 unspecified atom stereocenters. The second-order valence-electron chi connectivity index (χ2n) is 11.6. The SMILES string of the molecule is C=CC1CC(c2cccc(N3Cc4c(cc(CNC5(C)CCC5)cc4C(F)(F)F)C3=O)c2)(c2nncn2C)C1. The lowest BCUT2D eigenvalue weighted by Gasteiger charge is -2.46. The quantitative estimate of drug-likeness (QED) is 0.382. The van der Waals surface area contributed by atoms with Crippen LogP contribution in [0.4, 0.5) is 18.9 Å². The van der Waals surface area contributed by atoms with Crippen LogP contribution in [0, 0.1) is 5.92 Å². The minimum Gasteiger partial charge on any atom is -0.320 e. The number of aromatic nitrogens is 3. The van der Waals surface area contributed by atoms with Gasteiger partial charge in [0.25, 0.3) is 5.91 Å². The average molecular weight is 536 g/mol. The van der Waals surface area contributed by atoms with E-state index < -0.39 is 23.1 Å². The predicted molar refractivity (Wildman–Crippen MR) is 142 cm³/mol. The van der Waals surface area contributed by atoms with E-state index in [0.29, 0.717) is 23.7 Å². The first-order valence-corrected chi connectivity index (χ1v) is 13.4. The monoisotopic (exact) mass is 535 g/mol. The number of benzene rings is 2. The summed E-state index contributed by atoms with van der Waals surface area (Å²) in [7, 11) is 1.90. The molecule has 1 amide bonds. The number of nitrogens with one attached hydrogen (secondary N) is 1. The van der Waals surface area contributed by atoms with Gasteiger partial charge in [-0.05, 0) is 85.9 Å². The molecule has 2 aliphatic carbocycles. The van der Waals surface area contributed by atoms with Gasteiger partial charge in [0.05, 0.1) is 17.5 Å². The zero-order valence-corrected chi connectivity index (χ0v) is 22.2. The highest BCUT2D eigenvalue weighted by Gasteiger charge is 2.49. The van der Waals surface area contributed by atoms with Gasteiger partial charge in [-0.25, -0.2) is 0 Å². The molecule has 204 valence electrons. The highest BCUT2D eigenvalue weighted by Crippen LogP contribution is 2.52. The van der Waals surface area contributed by atoms with E-state index in [0.717, 1.165) is 43.5 Å². The van der Waals surface area contributed by atoms with Crippen LogP contribution in [0.2, 0.25) is 0 Å². The fourth-order valence-electron chi connectivity index (χ4n) is 6.47. The fourth-order valence-corrected chi connectivity index (χ4v) is 6.47. The zero-order chi connectivity index (χ0) is 27.6. The molecule has 0 spiro atoms. The molecule has 2 saturated carbocycles. The topological polar surface area (TPSA) is 63.1 Å². The first-order chi connectivity index (χ1) is 18.5. The lowest BCUT2D eigenvalue weighted by atomic mass is 9.58. The van der Waals surface area contributed by atoms with E-state index in [4.69, 9.17) is 0 Å². The molecule has 0 atom stereocenters. The number of hydrogen-bond donors (Lipinski definition) is 1. The molecule has 2 heterocycles. The Kier molecular flexibility index (Phi) is 5.98. The zero-order valence-electron chi connectivity index (χ0n) is 22.2. The lowest BCUT2D eigenvalue weighted by molar-refractivity contribution is -0.138. The fraction of sp³-hybridized carbons (Fsp3) is 0.433. The molecule has 0 radical (unpaired) electrons. The van der Waals surface area contributed by atoms with Crippen LogP contribution in [0.15, 0.2) is 55.4 Å². The number of carbonyl (C=O) groups is 1. The van der Waals surface area contributed by atoms with E-state index in [1.54, 1.807) is 18.5 Å². The number of anilines is 1. The summed E-state index contributed by atoms with van der Waals surface area (Å²) in [5.41, 5.74) is 0.997. The van der Waals surface area contributed by atoms with Gasteiger partial charge < -0.3 is 14.8 Å². The standard InChI is InChI=1S/C30H32F3N5O/c1-4-19-14-29(15-19,27-36-35-18-37(27)3)21-7-5-8-22(13-21)38-17-24-23(26(38)39)11-20(12-25(24)30(31,32)33)16-34-28(2)9-6-10-28/h4-5,7-8,11-13,18-19,34H,1,6,9-10,14-17H2,2-3H3. The minimum absolute atomic E-state index is 0.0369. The van der Waals surface area contributed by atoms with Gasteiger partial charge in [0.15, 0.2) is 0 Å². The Hall–Kier alpha value is -3.46.